The van der Waals surface area contributed by atoms with E-state index in [1.54, 1.807) is 0 Å². The van der Waals surface area contributed by atoms with Crippen molar-refractivity contribution in [3.8, 4) is 0 Å². The van der Waals surface area contributed by atoms with Crippen molar-refractivity contribution in [1.82, 2.24) is 9.88 Å². The number of nitrogens with zero attached hydrogens (tertiary/aromatic N) is 2. The van der Waals surface area contributed by atoms with Crippen LogP contribution in [0.1, 0.15) is 10.4 Å². The zero-order valence-corrected chi connectivity index (χ0v) is 15.6. The summed E-state index contributed by atoms with van der Waals surface area (Å²) < 4.78 is 0. The highest BCUT2D eigenvalue weighted by atomic mass is 35.5. The van der Waals surface area contributed by atoms with Gasteiger partial charge < -0.3 is 15.1 Å². The molecule has 0 aliphatic carbocycles. The number of halogens is 2. The number of amides is 2. The number of quaternary nitrogens is 1. The first kappa shape index (κ1) is 18.6. The van der Waals surface area contributed by atoms with Crippen LogP contribution in [-0.2, 0) is 4.79 Å². The Kier molecular flexibility index (Phi) is 6.08. The van der Waals surface area contributed by atoms with Crippen LogP contribution in [0, 0.1) is 0 Å². The number of rotatable bonds is 4. The minimum atomic E-state index is -0.167. The molecule has 26 heavy (non-hydrogen) atoms. The Bertz CT molecular complexity index is 793. The minimum absolute atomic E-state index is 0.0336. The summed E-state index contributed by atoms with van der Waals surface area (Å²) in [6, 6.07) is 10.8. The molecule has 0 unspecified atom stereocenters. The number of anilines is 1. The molecule has 1 saturated heterocycles. The molecule has 1 aliphatic rings. The number of benzene rings is 1. The van der Waals surface area contributed by atoms with E-state index in [9.17, 15) is 9.59 Å². The number of hydrogen-bond donors (Lipinski definition) is 2. The van der Waals surface area contributed by atoms with Crippen molar-refractivity contribution in [3.05, 3.63) is 58.2 Å². The quantitative estimate of drug-likeness (QED) is 0.824. The van der Waals surface area contributed by atoms with Crippen molar-refractivity contribution < 1.29 is 14.5 Å². The third kappa shape index (κ3) is 4.72. The standard InChI is InChI=1S/C18H18Cl2N4O2/c19-14-10-15(20)17(21-11-14)22-16(25)12-23-6-8-24(9-7-23)18(26)13-4-2-1-3-5-13/h1-5,10-11H,6-9,12H2,(H,21,22,25)/p+1. The molecule has 2 amide bonds. The molecule has 1 aromatic carbocycles. The van der Waals surface area contributed by atoms with Crippen molar-refractivity contribution >= 4 is 40.8 Å². The van der Waals surface area contributed by atoms with E-state index >= 15 is 0 Å². The molecule has 1 aliphatic heterocycles. The second kappa shape index (κ2) is 8.49. The monoisotopic (exact) mass is 393 g/mol. The lowest BCUT2D eigenvalue weighted by Gasteiger charge is -2.31. The highest BCUT2D eigenvalue weighted by Crippen LogP contribution is 2.22. The molecule has 8 heteroatoms. The van der Waals surface area contributed by atoms with Crippen molar-refractivity contribution in [2.45, 2.75) is 0 Å². The zero-order chi connectivity index (χ0) is 18.5. The van der Waals surface area contributed by atoms with E-state index in [2.05, 4.69) is 10.3 Å². The molecule has 6 nitrogen and oxygen atoms in total. The second-order valence-corrected chi connectivity index (χ2v) is 6.96. The maximum Gasteiger partial charge on any atom is 0.280 e. The molecule has 2 aromatic rings. The number of hydrogen-bond acceptors (Lipinski definition) is 3. The van der Waals surface area contributed by atoms with Crippen LogP contribution in [0.5, 0.6) is 0 Å². The SMILES string of the molecule is O=C(C[NH+]1CCN(C(=O)c2ccccc2)CC1)Nc1ncc(Cl)cc1Cl. The van der Waals surface area contributed by atoms with Gasteiger partial charge in [0.15, 0.2) is 12.4 Å². The van der Waals surface area contributed by atoms with Gasteiger partial charge in [0.1, 0.15) is 0 Å². The molecule has 0 atom stereocenters. The van der Waals surface area contributed by atoms with Gasteiger partial charge in [-0.05, 0) is 18.2 Å². The summed E-state index contributed by atoms with van der Waals surface area (Å²) in [5.41, 5.74) is 0.692. The third-order valence-electron chi connectivity index (χ3n) is 4.25. The molecule has 0 bridgehead atoms. The first-order valence-corrected chi connectivity index (χ1v) is 9.07. The van der Waals surface area contributed by atoms with Gasteiger partial charge in [-0.1, -0.05) is 41.4 Å². The van der Waals surface area contributed by atoms with Crippen LogP contribution >= 0.6 is 23.2 Å². The normalized spacial score (nSPS) is 14.9. The number of carbonyl (C=O) groups is 2. The average molecular weight is 394 g/mol. The van der Waals surface area contributed by atoms with Crippen LogP contribution in [0.15, 0.2) is 42.6 Å². The molecule has 136 valence electrons. The molecule has 2 N–H and O–H groups in total. The highest BCUT2D eigenvalue weighted by molar-refractivity contribution is 6.36. The zero-order valence-electron chi connectivity index (χ0n) is 14.0. The number of nitrogens with one attached hydrogen (secondary N) is 2. The van der Waals surface area contributed by atoms with E-state index in [1.807, 2.05) is 35.2 Å². The van der Waals surface area contributed by atoms with Crippen LogP contribution in [-0.4, -0.2) is 54.4 Å². The second-order valence-electron chi connectivity index (χ2n) is 6.12. The van der Waals surface area contributed by atoms with E-state index < -0.39 is 0 Å². The smallest absolute Gasteiger partial charge is 0.280 e. The van der Waals surface area contributed by atoms with E-state index in [0.29, 0.717) is 54.2 Å². The fraction of sp³-hybridized carbons (Fsp3) is 0.278. The molecule has 0 radical (unpaired) electrons. The summed E-state index contributed by atoms with van der Waals surface area (Å²) in [7, 11) is 0. The lowest BCUT2D eigenvalue weighted by atomic mass is 10.2. The minimum Gasteiger partial charge on any atom is -0.327 e. The summed E-state index contributed by atoms with van der Waals surface area (Å²) in [5, 5.41) is 3.42. The lowest BCUT2D eigenvalue weighted by molar-refractivity contribution is -0.895. The highest BCUT2D eigenvalue weighted by Gasteiger charge is 2.26. The predicted octanol–water partition coefficient (Wildman–Crippen LogP) is 1.37. The average Bonchev–Trinajstić information content (AvgIpc) is 2.65. The first-order valence-electron chi connectivity index (χ1n) is 8.32. The Morgan fingerprint density at radius 2 is 1.85 bits per heavy atom. The van der Waals surface area contributed by atoms with E-state index in [4.69, 9.17) is 23.2 Å². The Balaban J connectivity index is 1.49. The topological polar surface area (TPSA) is 66.7 Å². The van der Waals surface area contributed by atoms with E-state index in [0.717, 1.165) is 4.90 Å². The molecule has 2 heterocycles. The lowest BCUT2D eigenvalue weighted by Crippen LogP contribution is -3.15. The maximum absolute atomic E-state index is 12.4. The molecule has 1 aromatic heterocycles. The molecule has 3 rings (SSSR count). The molecule has 1 fully saturated rings. The molecular weight excluding hydrogens is 375 g/mol. The predicted molar refractivity (Wildman–Crippen MR) is 101 cm³/mol. The fourth-order valence-electron chi connectivity index (χ4n) is 2.88. The number of piperazine rings is 1. The summed E-state index contributed by atoms with van der Waals surface area (Å²) in [6.07, 6.45) is 1.43. The Labute approximate surface area is 161 Å². The third-order valence-corrected chi connectivity index (χ3v) is 4.75. The van der Waals surface area contributed by atoms with Gasteiger partial charge in [-0.25, -0.2) is 4.98 Å². The Morgan fingerprint density at radius 3 is 2.50 bits per heavy atom. The summed E-state index contributed by atoms with van der Waals surface area (Å²) in [6.45, 7) is 2.97. The summed E-state index contributed by atoms with van der Waals surface area (Å²) in [5.74, 6) is 0.171. The van der Waals surface area contributed by atoms with Gasteiger partial charge in [0, 0.05) is 11.8 Å². The molecule has 0 saturated carbocycles. The molecular formula is C18H19Cl2N4O2+. The molecule has 0 spiro atoms. The number of aromatic nitrogens is 1. The van der Waals surface area contributed by atoms with Crippen LogP contribution in [0.2, 0.25) is 10.0 Å². The van der Waals surface area contributed by atoms with Crippen LogP contribution in [0.4, 0.5) is 5.82 Å². The van der Waals surface area contributed by atoms with E-state index in [-0.39, 0.29) is 11.8 Å². The van der Waals surface area contributed by atoms with Crippen LogP contribution < -0.4 is 10.2 Å². The largest absolute Gasteiger partial charge is 0.327 e. The summed E-state index contributed by atoms with van der Waals surface area (Å²) >= 11 is 11.8. The van der Waals surface area contributed by atoms with Crippen LogP contribution in [0.3, 0.4) is 0 Å². The van der Waals surface area contributed by atoms with Crippen molar-refractivity contribution in [3.63, 3.8) is 0 Å². The number of pyridine rings is 1. The van der Waals surface area contributed by atoms with Gasteiger partial charge in [0.2, 0.25) is 0 Å². The van der Waals surface area contributed by atoms with Crippen molar-refractivity contribution in [2.75, 3.05) is 38.0 Å². The van der Waals surface area contributed by atoms with E-state index in [1.165, 1.54) is 12.3 Å². The summed E-state index contributed by atoms with van der Waals surface area (Å²) in [4.78, 5) is 31.6. The van der Waals surface area contributed by atoms with Gasteiger partial charge in [-0.2, -0.15) is 0 Å². The van der Waals surface area contributed by atoms with Crippen LogP contribution in [0.25, 0.3) is 0 Å². The Hall–Kier alpha value is -2.15. The van der Waals surface area contributed by atoms with Gasteiger partial charge in [-0.3, -0.25) is 9.59 Å². The van der Waals surface area contributed by atoms with Gasteiger partial charge in [-0.15, -0.1) is 0 Å². The number of carbonyl (C=O) groups excluding carboxylic acids is 2. The van der Waals surface area contributed by atoms with Crippen molar-refractivity contribution in [1.29, 1.82) is 0 Å². The first-order chi connectivity index (χ1) is 12.5. The van der Waals surface area contributed by atoms with Gasteiger partial charge >= 0.3 is 0 Å². The van der Waals surface area contributed by atoms with Crippen molar-refractivity contribution in [2.24, 2.45) is 0 Å². The van der Waals surface area contributed by atoms with Gasteiger partial charge in [0.25, 0.3) is 11.8 Å². The van der Waals surface area contributed by atoms with Gasteiger partial charge in [0.05, 0.1) is 36.2 Å². The maximum atomic E-state index is 12.4. The Morgan fingerprint density at radius 1 is 1.15 bits per heavy atom. The fourth-order valence-corrected chi connectivity index (χ4v) is 3.30.